The molecule has 0 aliphatic carbocycles. The van der Waals surface area contributed by atoms with Crippen molar-refractivity contribution in [3.05, 3.63) is 6.33 Å². The van der Waals surface area contributed by atoms with E-state index in [0.717, 1.165) is 42.3 Å². The molecule has 0 aromatic carbocycles. The number of hydrogen-bond acceptors (Lipinski definition) is 5. The molecule has 5 nitrogen and oxygen atoms in total. The number of rotatable bonds is 4. The lowest BCUT2D eigenvalue weighted by Gasteiger charge is -2.24. The lowest BCUT2D eigenvalue weighted by atomic mass is 9.89. The van der Waals surface area contributed by atoms with Crippen LogP contribution in [0, 0.1) is 11.8 Å². The number of hydrogen-bond donors (Lipinski definition) is 1. The molecule has 0 spiro atoms. The minimum atomic E-state index is 0.748. The Morgan fingerprint density at radius 3 is 2.75 bits per heavy atom. The summed E-state index contributed by atoms with van der Waals surface area (Å²) in [6.45, 7) is 6.73. The molecule has 1 saturated heterocycles. The van der Waals surface area contributed by atoms with E-state index < -0.39 is 0 Å². The molecule has 0 saturated carbocycles. The van der Waals surface area contributed by atoms with Crippen molar-refractivity contribution in [3.63, 3.8) is 0 Å². The standard InChI is InChI=1S/C15H26N4O/c1-11(2)12-6-5-8-19(9-7-12)15-13(20-4)14(16-3)17-10-18-15/h10-12H,5-9H2,1-4H3,(H,16,17,18). The predicted octanol–water partition coefficient (Wildman–Crippen LogP) is 2.79. The number of aromatic nitrogens is 2. The maximum absolute atomic E-state index is 5.51. The summed E-state index contributed by atoms with van der Waals surface area (Å²) in [7, 11) is 3.53. The number of ether oxygens (including phenoxy) is 1. The van der Waals surface area contributed by atoms with Gasteiger partial charge in [-0.15, -0.1) is 0 Å². The average Bonchev–Trinajstić information content (AvgIpc) is 2.72. The van der Waals surface area contributed by atoms with Crippen LogP contribution in [0.15, 0.2) is 6.33 Å². The summed E-state index contributed by atoms with van der Waals surface area (Å²) in [5.74, 6) is 3.99. The fourth-order valence-electron chi connectivity index (χ4n) is 2.96. The van der Waals surface area contributed by atoms with Crippen LogP contribution in [0.1, 0.15) is 33.1 Å². The van der Waals surface area contributed by atoms with Gasteiger partial charge in [0.1, 0.15) is 6.33 Å². The maximum atomic E-state index is 5.51. The van der Waals surface area contributed by atoms with Crippen LogP contribution in [-0.4, -0.2) is 37.2 Å². The van der Waals surface area contributed by atoms with Crippen LogP contribution in [-0.2, 0) is 0 Å². The van der Waals surface area contributed by atoms with Crippen LogP contribution in [0.3, 0.4) is 0 Å². The Labute approximate surface area is 121 Å². The first-order valence-electron chi connectivity index (χ1n) is 7.49. The first-order chi connectivity index (χ1) is 9.67. The van der Waals surface area contributed by atoms with Gasteiger partial charge in [-0.2, -0.15) is 0 Å². The fourth-order valence-corrected chi connectivity index (χ4v) is 2.96. The van der Waals surface area contributed by atoms with Gasteiger partial charge in [0.15, 0.2) is 11.6 Å². The number of nitrogens with zero attached hydrogens (tertiary/aromatic N) is 3. The van der Waals surface area contributed by atoms with E-state index in [2.05, 4.69) is 34.0 Å². The molecule has 2 heterocycles. The monoisotopic (exact) mass is 278 g/mol. The molecule has 112 valence electrons. The zero-order chi connectivity index (χ0) is 14.5. The number of methoxy groups -OCH3 is 1. The van der Waals surface area contributed by atoms with E-state index in [1.807, 2.05) is 7.05 Å². The Balaban J connectivity index is 2.19. The molecule has 1 aromatic heterocycles. The topological polar surface area (TPSA) is 50.3 Å². The van der Waals surface area contributed by atoms with Crippen molar-refractivity contribution in [2.75, 3.05) is 37.5 Å². The van der Waals surface area contributed by atoms with Gasteiger partial charge in [0, 0.05) is 20.1 Å². The third-order valence-electron chi connectivity index (χ3n) is 4.24. The highest BCUT2D eigenvalue weighted by atomic mass is 16.5. The van der Waals surface area contributed by atoms with E-state index >= 15 is 0 Å². The van der Waals surface area contributed by atoms with Gasteiger partial charge in [0.25, 0.3) is 0 Å². The molecule has 1 aromatic rings. The van der Waals surface area contributed by atoms with Gasteiger partial charge in [-0.1, -0.05) is 13.8 Å². The third kappa shape index (κ3) is 3.14. The minimum Gasteiger partial charge on any atom is -0.490 e. The van der Waals surface area contributed by atoms with Crippen LogP contribution in [0.25, 0.3) is 0 Å². The molecule has 1 N–H and O–H groups in total. The molecule has 1 atom stereocenters. The molecular weight excluding hydrogens is 252 g/mol. The lowest BCUT2D eigenvalue weighted by molar-refractivity contribution is 0.351. The minimum absolute atomic E-state index is 0.748. The van der Waals surface area contributed by atoms with E-state index in [1.165, 1.54) is 19.3 Å². The third-order valence-corrected chi connectivity index (χ3v) is 4.24. The van der Waals surface area contributed by atoms with Gasteiger partial charge in [0.2, 0.25) is 5.75 Å². The highest BCUT2D eigenvalue weighted by Gasteiger charge is 2.23. The highest BCUT2D eigenvalue weighted by Crippen LogP contribution is 2.34. The van der Waals surface area contributed by atoms with Crippen molar-refractivity contribution in [3.8, 4) is 5.75 Å². The molecule has 0 bridgehead atoms. The van der Waals surface area contributed by atoms with Gasteiger partial charge >= 0.3 is 0 Å². The first-order valence-corrected chi connectivity index (χ1v) is 7.49. The largest absolute Gasteiger partial charge is 0.490 e. The van der Waals surface area contributed by atoms with Gasteiger partial charge in [0.05, 0.1) is 7.11 Å². The molecule has 5 heteroatoms. The van der Waals surface area contributed by atoms with Crippen molar-refractivity contribution in [1.29, 1.82) is 0 Å². The summed E-state index contributed by atoms with van der Waals surface area (Å²) >= 11 is 0. The summed E-state index contributed by atoms with van der Waals surface area (Å²) in [5.41, 5.74) is 0. The second-order valence-corrected chi connectivity index (χ2v) is 5.75. The quantitative estimate of drug-likeness (QED) is 0.917. The molecule has 20 heavy (non-hydrogen) atoms. The fraction of sp³-hybridized carbons (Fsp3) is 0.733. The van der Waals surface area contributed by atoms with Crippen LogP contribution < -0.4 is 15.0 Å². The second kappa shape index (κ2) is 6.77. The molecule has 1 aliphatic rings. The number of nitrogens with one attached hydrogen (secondary N) is 1. The Bertz CT molecular complexity index is 436. The Morgan fingerprint density at radius 1 is 1.30 bits per heavy atom. The maximum Gasteiger partial charge on any atom is 0.204 e. The van der Waals surface area contributed by atoms with Crippen LogP contribution >= 0.6 is 0 Å². The Hall–Kier alpha value is -1.52. The Morgan fingerprint density at radius 2 is 2.10 bits per heavy atom. The van der Waals surface area contributed by atoms with Crippen molar-refractivity contribution < 1.29 is 4.74 Å². The van der Waals surface area contributed by atoms with Gasteiger partial charge < -0.3 is 15.0 Å². The highest BCUT2D eigenvalue weighted by molar-refractivity contribution is 5.64. The summed E-state index contributed by atoms with van der Waals surface area (Å²) < 4.78 is 5.51. The van der Waals surface area contributed by atoms with E-state index in [0.29, 0.717) is 0 Å². The molecule has 0 radical (unpaired) electrons. The van der Waals surface area contributed by atoms with Crippen molar-refractivity contribution in [2.24, 2.45) is 11.8 Å². The summed E-state index contributed by atoms with van der Waals surface area (Å²) in [6.07, 6.45) is 5.35. The summed E-state index contributed by atoms with van der Waals surface area (Å²) in [6, 6.07) is 0. The van der Waals surface area contributed by atoms with Crippen molar-refractivity contribution in [1.82, 2.24) is 9.97 Å². The van der Waals surface area contributed by atoms with Gasteiger partial charge in [-0.05, 0) is 31.1 Å². The van der Waals surface area contributed by atoms with Gasteiger partial charge in [-0.25, -0.2) is 9.97 Å². The SMILES string of the molecule is CNc1ncnc(N2CCCC(C(C)C)CC2)c1OC. The molecule has 1 fully saturated rings. The zero-order valence-corrected chi connectivity index (χ0v) is 13.0. The summed E-state index contributed by atoms with van der Waals surface area (Å²) in [5, 5.41) is 3.07. The van der Waals surface area contributed by atoms with E-state index in [-0.39, 0.29) is 0 Å². The van der Waals surface area contributed by atoms with E-state index in [1.54, 1.807) is 13.4 Å². The van der Waals surface area contributed by atoms with E-state index in [9.17, 15) is 0 Å². The molecule has 2 rings (SSSR count). The number of anilines is 2. The Kier molecular flexibility index (Phi) is 5.04. The zero-order valence-electron chi connectivity index (χ0n) is 13.0. The summed E-state index contributed by atoms with van der Waals surface area (Å²) in [4.78, 5) is 11.0. The molecule has 0 amide bonds. The van der Waals surface area contributed by atoms with Crippen molar-refractivity contribution in [2.45, 2.75) is 33.1 Å². The van der Waals surface area contributed by atoms with Crippen LogP contribution in [0.2, 0.25) is 0 Å². The first kappa shape index (κ1) is 14.9. The molecule has 1 aliphatic heterocycles. The second-order valence-electron chi connectivity index (χ2n) is 5.75. The molecule has 1 unspecified atom stereocenters. The van der Waals surface area contributed by atoms with Gasteiger partial charge in [-0.3, -0.25) is 0 Å². The lowest BCUT2D eigenvalue weighted by Crippen LogP contribution is -2.26. The van der Waals surface area contributed by atoms with Crippen molar-refractivity contribution >= 4 is 11.6 Å². The molecular formula is C15H26N4O. The van der Waals surface area contributed by atoms with E-state index in [4.69, 9.17) is 4.74 Å². The smallest absolute Gasteiger partial charge is 0.204 e. The average molecular weight is 278 g/mol. The normalized spacial score (nSPS) is 19.9. The van der Waals surface area contributed by atoms with Crippen LogP contribution in [0.4, 0.5) is 11.6 Å². The van der Waals surface area contributed by atoms with Crippen LogP contribution in [0.5, 0.6) is 5.75 Å². The predicted molar refractivity (Wildman–Crippen MR) is 82.5 cm³/mol.